The number of benzene rings is 1. The fourth-order valence-corrected chi connectivity index (χ4v) is 6.02. The van der Waals surface area contributed by atoms with Gasteiger partial charge in [-0.05, 0) is 67.8 Å². The predicted molar refractivity (Wildman–Crippen MR) is 158 cm³/mol. The highest BCUT2D eigenvalue weighted by molar-refractivity contribution is 5.90. The van der Waals surface area contributed by atoms with E-state index >= 15 is 0 Å². The van der Waals surface area contributed by atoms with Gasteiger partial charge in [0, 0.05) is 79.5 Å². The number of pyridine rings is 2. The van der Waals surface area contributed by atoms with E-state index in [4.69, 9.17) is 4.98 Å². The van der Waals surface area contributed by atoms with Crippen molar-refractivity contribution in [3.8, 4) is 6.07 Å². The lowest BCUT2D eigenvalue weighted by Gasteiger charge is -2.37. The maximum atomic E-state index is 9.81. The van der Waals surface area contributed by atoms with Gasteiger partial charge in [0.2, 0.25) is 0 Å². The van der Waals surface area contributed by atoms with Gasteiger partial charge in [-0.3, -0.25) is 19.8 Å². The number of hydrogen-bond donors (Lipinski definition) is 2. The number of hydrogen-bond acceptors (Lipinski definition) is 6. The number of rotatable bonds is 7. The number of nitrogens with one attached hydrogen (secondary N) is 2. The van der Waals surface area contributed by atoms with Crippen LogP contribution < -0.4 is 5.32 Å². The van der Waals surface area contributed by atoms with E-state index in [1.807, 2.05) is 30.5 Å². The van der Waals surface area contributed by atoms with Crippen LogP contribution in [0.4, 0.5) is 11.4 Å². The highest BCUT2D eigenvalue weighted by Crippen LogP contribution is 2.31. The molecule has 2 aliphatic rings. The van der Waals surface area contributed by atoms with Crippen molar-refractivity contribution in [1.29, 1.82) is 5.26 Å². The summed E-state index contributed by atoms with van der Waals surface area (Å²) >= 11 is 0. The summed E-state index contributed by atoms with van der Waals surface area (Å²) in [7, 11) is 0. The third-order valence-corrected chi connectivity index (χ3v) is 8.25. The minimum Gasteiger partial charge on any atom is -0.361 e. The Morgan fingerprint density at radius 2 is 1.90 bits per heavy atom. The molecule has 0 radical (unpaired) electrons. The van der Waals surface area contributed by atoms with Gasteiger partial charge in [0.1, 0.15) is 6.07 Å². The monoisotopic (exact) mass is 517 g/mol. The molecular formula is C32H35N7. The second kappa shape index (κ2) is 11.4. The molecule has 0 spiro atoms. The molecule has 0 amide bonds. The van der Waals surface area contributed by atoms with Crippen molar-refractivity contribution in [2.45, 2.75) is 45.2 Å². The van der Waals surface area contributed by atoms with Crippen LogP contribution in [0.5, 0.6) is 0 Å². The van der Waals surface area contributed by atoms with Crippen LogP contribution in [0.3, 0.4) is 0 Å². The standard InChI is InChI=1S/C32H35N7/c1-23-29-13-14-35-31(29)12-11-30(23)37-32-24(20-34-21-25(32)19-33)9-10-26-5-4-6-27(36-26)22-38-15-17-39(18-16-38)28-7-2-3-8-28/h4-6,9-14,20-21,28,35H,2-3,7-8,15-18,22H2,1H3,(H,34,37). The molecule has 4 aromatic rings. The summed E-state index contributed by atoms with van der Waals surface area (Å²) in [5, 5.41) is 14.5. The fourth-order valence-electron chi connectivity index (χ4n) is 6.02. The molecule has 0 bridgehead atoms. The van der Waals surface area contributed by atoms with Gasteiger partial charge in [0.25, 0.3) is 0 Å². The Bertz CT molecular complexity index is 1520. The normalized spacial score (nSPS) is 17.2. The lowest BCUT2D eigenvalue weighted by molar-refractivity contribution is 0.0929. The zero-order valence-electron chi connectivity index (χ0n) is 22.5. The first-order chi connectivity index (χ1) is 19.2. The quantitative estimate of drug-likeness (QED) is 0.308. The van der Waals surface area contributed by atoms with Gasteiger partial charge >= 0.3 is 0 Å². The van der Waals surface area contributed by atoms with Crippen molar-refractivity contribution >= 4 is 34.4 Å². The van der Waals surface area contributed by atoms with Gasteiger partial charge in [0.05, 0.1) is 22.6 Å². The van der Waals surface area contributed by atoms with E-state index in [1.165, 1.54) is 38.8 Å². The Kier molecular flexibility index (Phi) is 7.40. The number of H-pyrrole nitrogens is 1. The van der Waals surface area contributed by atoms with Crippen LogP contribution in [0, 0.1) is 18.3 Å². The molecule has 4 heterocycles. The van der Waals surface area contributed by atoms with E-state index in [-0.39, 0.29) is 0 Å². The molecule has 1 aromatic carbocycles. The lowest BCUT2D eigenvalue weighted by atomic mass is 10.1. The number of piperazine rings is 1. The van der Waals surface area contributed by atoms with Gasteiger partial charge < -0.3 is 10.3 Å². The van der Waals surface area contributed by atoms with Crippen LogP contribution in [0.25, 0.3) is 23.1 Å². The Balaban J connectivity index is 1.17. The molecule has 7 nitrogen and oxygen atoms in total. The largest absolute Gasteiger partial charge is 0.361 e. The molecule has 3 aromatic heterocycles. The first-order valence-electron chi connectivity index (χ1n) is 14.0. The summed E-state index contributed by atoms with van der Waals surface area (Å²) in [6, 6.07) is 15.5. The van der Waals surface area contributed by atoms with Crippen LogP contribution in [-0.4, -0.2) is 57.0 Å². The summed E-state index contributed by atoms with van der Waals surface area (Å²) in [6.45, 7) is 7.50. The highest BCUT2D eigenvalue weighted by Gasteiger charge is 2.26. The van der Waals surface area contributed by atoms with Gasteiger partial charge in [-0.1, -0.05) is 18.9 Å². The zero-order valence-corrected chi connectivity index (χ0v) is 22.5. The van der Waals surface area contributed by atoms with Crippen LogP contribution in [-0.2, 0) is 6.54 Å². The van der Waals surface area contributed by atoms with Crippen molar-refractivity contribution < 1.29 is 0 Å². The van der Waals surface area contributed by atoms with Crippen molar-refractivity contribution in [2.24, 2.45) is 0 Å². The van der Waals surface area contributed by atoms with Gasteiger partial charge in [-0.25, -0.2) is 0 Å². The molecule has 7 heteroatoms. The topological polar surface area (TPSA) is 83.9 Å². The number of aromatic amines is 1. The fraction of sp³-hybridized carbons (Fsp3) is 0.344. The first kappa shape index (κ1) is 25.3. The van der Waals surface area contributed by atoms with Crippen LogP contribution in [0.1, 0.15) is 53.8 Å². The highest BCUT2D eigenvalue weighted by atomic mass is 15.3. The minimum atomic E-state index is 0.504. The maximum absolute atomic E-state index is 9.81. The molecule has 2 N–H and O–H groups in total. The molecule has 2 fully saturated rings. The second-order valence-corrected chi connectivity index (χ2v) is 10.7. The number of aromatic nitrogens is 3. The average molecular weight is 518 g/mol. The molecule has 1 saturated carbocycles. The van der Waals surface area contributed by atoms with E-state index in [2.05, 4.69) is 62.3 Å². The van der Waals surface area contributed by atoms with E-state index in [9.17, 15) is 5.26 Å². The maximum Gasteiger partial charge on any atom is 0.103 e. The summed E-state index contributed by atoms with van der Waals surface area (Å²) in [4.78, 5) is 17.7. The van der Waals surface area contributed by atoms with E-state index in [0.29, 0.717) is 5.56 Å². The SMILES string of the molecule is Cc1c(Nc2c(C#N)cncc2C=Cc2cccc(CN3CCN(C4CCCC4)CC3)n2)ccc2[nH]ccc12. The van der Waals surface area contributed by atoms with Crippen molar-refractivity contribution in [2.75, 3.05) is 31.5 Å². The molecule has 1 aliphatic carbocycles. The number of anilines is 2. The van der Waals surface area contributed by atoms with Gasteiger partial charge in [-0.2, -0.15) is 5.26 Å². The van der Waals surface area contributed by atoms with Crippen LogP contribution >= 0.6 is 0 Å². The zero-order chi connectivity index (χ0) is 26.6. The number of nitrogens with zero attached hydrogens (tertiary/aromatic N) is 5. The van der Waals surface area contributed by atoms with Crippen molar-refractivity contribution in [1.82, 2.24) is 24.8 Å². The molecule has 6 rings (SSSR count). The van der Waals surface area contributed by atoms with Crippen molar-refractivity contribution in [3.63, 3.8) is 0 Å². The number of nitriles is 1. The number of aryl methyl sites for hydroxylation is 1. The average Bonchev–Trinajstić information content (AvgIpc) is 3.68. The molecule has 1 saturated heterocycles. The molecule has 0 atom stereocenters. The van der Waals surface area contributed by atoms with Gasteiger partial charge in [-0.15, -0.1) is 0 Å². The summed E-state index contributed by atoms with van der Waals surface area (Å²) in [5.74, 6) is 0. The molecule has 198 valence electrons. The molecule has 39 heavy (non-hydrogen) atoms. The minimum absolute atomic E-state index is 0.504. The molecule has 1 aliphatic heterocycles. The summed E-state index contributed by atoms with van der Waals surface area (Å²) in [6.07, 6.45) is 14.9. The predicted octanol–water partition coefficient (Wildman–Crippen LogP) is 6.11. The van der Waals surface area contributed by atoms with Crippen LogP contribution in [0.15, 0.2) is 55.0 Å². The van der Waals surface area contributed by atoms with Gasteiger partial charge in [0.15, 0.2) is 0 Å². The van der Waals surface area contributed by atoms with Crippen LogP contribution in [0.2, 0.25) is 0 Å². The van der Waals surface area contributed by atoms with E-state index in [0.717, 1.165) is 70.5 Å². The van der Waals surface area contributed by atoms with Crippen molar-refractivity contribution in [3.05, 3.63) is 83.1 Å². The Morgan fingerprint density at radius 3 is 2.72 bits per heavy atom. The summed E-state index contributed by atoms with van der Waals surface area (Å²) in [5.41, 5.74) is 7.27. The Morgan fingerprint density at radius 1 is 1.05 bits per heavy atom. The smallest absolute Gasteiger partial charge is 0.103 e. The third-order valence-electron chi connectivity index (χ3n) is 8.25. The Labute approximate surface area is 230 Å². The summed E-state index contributed by atoms with van der Waals surface area (Å²) < 4.78 is 0. The Hall–Kier alpha value is -3.99. The van der Waals surface area contributed by atoms with E-state index in [1.54, 1.807) is 12.4 Å². The van der Waals surface area contributed by atoms with E-state index < -0.39 is 0 Å². The lowest BCUT2D eigenvalue weighted by Crippen LogP contribution is -2.49. The first-order valence-corrected chi connectivity index (χ1v) is 14.0. The molecular weight excluding hydrogens is 482 g/mol. The molecule has 0 unspecified atom stereocenters. The number of fused-ring (bicyclic) bond motifs is 1. The third kappa shape index (κ3) is 5.58. The second-order valence-electron chi connectivity index (χ2n) is 10.7.